The Labute approximate surface area is 75.5 Å². The molecule has 0 aliphatic carbocycles. The van der Waals surface area contributed by atoms with Crippen LogP contribution in [0.1, 0.15) is 5.69 Å². The van der Waals surface area contributed by atoms with Crippen LogP contribution in [-0.2, 0) is 5.33 Å². The van der Waals surface area contributed by atoms with Crippen LogP contribution in [0.3, 0.4) is 0 Å². The number of pyridine rings is 1. The molecule has 0 saturated carbocycles. The maximum Gasteiger partial charge on any atom is 0.138 e. The van der Waals surface area contributed by atoms with Gasteiger partial charge >= 0.3 is 0 Å². The smallest absolute Gasteiger partial charge is 0.138 e. The van der Waals surface area contributed by atoms with E-state index >= 15 is 0 Å². The largest absolute Gasteiger partial charge is 0.506 e. The Balaban J connectivity index is 3.09. The molecular formula is C6H5Br2NO. The second-order valence-corrected chi connectivity index (χ2v) is 3.11. The van der Waals surface area contributed by atoms with E-state index in [9.17, 15) is 0 Å². The SMILES string of the molecule is Oc1ccc(Br)nc1CBr. The molecule has 4 heteroatoms. The van der Waals surface area contributed by atoms with Gasteiger partial charge in [-0.3, -0.25) is 0 Å². The number of hydrogen-bond donors (Lipinski definition) is 1. The Morgan fingerprint density at radius 3 is 2.70 bits per heavy atom. The number of alkyl halides is 1. The summed E-state index contributed by atoms with van der Waals surface area (Å²) in [6.07, 6.45) is 0. The molecule has 0 saturated heterocycles. The summed E-state index contributed by atoms with van der Waals surface area (Å²) in [5, 5.41) is 9.69. The Bertz CT molecular complexity index is 239. The van der Waals surface area contributed by atoms with E-state index in [2.05, 4.69) is 36.8 Å². The molecule has 0 atom stereocenters. The summed E-state index contributed by atoms with van der Waals surface area (Å²) in [6.45, 7) is 0. The van der Waals surface area contributed by atoms with Crippen molar-refractivity contribution in [3.05, 3.63) is 22.4 Å². The Kier molecular flexibility index (Phi) is 2.68. The molecule has 0 aliphatic heterocycles. The standard InChI is InChI=1S/C6H5Br2NO/c7-3-4-5(10)1-2-6(8)9-4/h1-2,10H,3H2. The molecule has 1 N–H and O–H groups in total. The maximum absolute atomic E-state index is 9.12. The highest BCUT2D eigenvalue weighted by Crippen LogP contribution is 2.19. The monoisotopic (exact) mass is 265 g/mol. The number of aromatic hydroxyl groups is 1. The number of halogens is 2. The van der Waals surface area contributed by atoms with Crippen molar-refractivity contribution in [3.8, 4) is 5.75 Å². The highest BCUT2D eigenvalue weighted by molar-refractivity contribution is 9.10. The minimum absolute atomic E-state index is 0.222. The van der Waals surface area contributed by atoms with Gasteiger partial charge in [-0.05, 0) is 28.1 Å². The fourth-order valence-corrected chi connectivity index (χ4v) is 1.32. The predicted molar refractivity (Wildman–Crippen MR) is 46.2 cm³/mol. The Morgan fingerprint density at radius 2 is 2.20 bits per heavy atom. The van der Waals surface area contributed by atoms with Gasteiger partial charge in [0.05, 0.1) is 5.69 Å². The molecule has 0 aliphatic rings. The number of nitrogens with zero attached hydrogens (tertiary/aromatic N) is 1. The van der Waals surface area contributed by atoms with Gasteiger partial charge in [0, 0.05) is 5.33 Å². The topological polar surface area (TPSA) is 33.1 Å². The highest BCUT2D eigenvalue weighted by Gasteiger charge is 1.99. The van der Waals surface area contributed by atoms with Crippen molar-refractivity contribution in [1.29, 1.82) is 0 Å². The van der Waals surface area contributed by atoms with Crippen LogP contribution in [0.5, 0.6) is 5.75 Å². The second-order valence-electron chi connectivity index (χ2n) is 1.73. The summed E-state index contributed by atoms with van der Waals surface area (Å²) in [5.74, 6) is 0.222. The van der Waals surface area contributed by atoms with Crippen LogP contribution < -0.4 is 0 Å². The summed E-state index contributed by atoms with van der Waals surface area (Å²) in [7, 11) is 0. The molecule has 1 rings (SSSR count). The average molecular weight is 267 g/mol. The molecule has 1 heterocycles. The summed E-state index contributed by atoms with van der Waals surface area (Å²) in [6, 6.07) is 3.30. The second kappa shape index (κ2) is 3.34. The molecule has 54 valence electrons. The summed E-state index contributed by atoms with van der Waals surface area (Å²) in [5.41, 5.74) is 0.648. The van der Waals surface area contributed by atoms with E-state index in [4.69, 9.17) is 5.11 Å². The summed E-state index contributed by atoms with van der Waals surface area (Å²) < 4.78 is 0.736. The molecule has 0 spiro atoms. The van der Waals surface area contributed by atoms with Gasteiger partial charge in [-0.25, -0.2) is 4.98 Å². The molecule has 0 fully saturated rings. The van der Waals surface area contributed by atoms with Crippen molar-refractivity contribution in [2.75, 3.05) is 0 Å². The molecule has 10 heavy (non-hydrogen) atoms. The van der Waals surface area contributed by atoms with Gasteiger partial charge < -0.3 is 5.11 Å². The minimum Gasteiger partial charge on any atom is -0.506 e. The lowest BCUT2D eigenvalue weighted by Crippen LogP contribution is -1.85. The van der Waals surface area contributed by atoms with E-state index in [-0.39, 0.29) is 5.75 Å². The van der Waals surface area contributed by atoms with Gasteiger partial charge in [-0.2, -0.15) is 0 Å². The summed E-state index contributed by atoms with van der Waals surface area (Å²) in [4.78, 5) is 4.01. The molecular weight excluding hydrogens is 262 g/mol. The molecule has 0 aromatic carbocycles. The minimum atomic E-state index is 0.222. The molecule has 0 radical (unpaired) electrons. The van der Waals surface area contributed by atoms with Gasteiger partial charge in [0.15, 0.2) is 0 Å². The zero-order valence-electron chi connectivity index (χ0n) is 5.01. The number of aromatic nitrogens is 1. The third kappa shape index (κ3) is 1.70. The lowest BCUT2D eigenvalue weighted by Gasteiger charge is -1.98. The van der Waals surface area contributed by atoms with E-state index in [0.717, 1.165) is 4.60 Å². The fourth-order valence-electron chi connectivity index (χ4n) is 0.566. The van der Waals surface area contributed by atoms with Crippen LogP contribution in [0, 0.1) is 0 Å². The Morgan fingerprint density at radius 1 is 1.50 bits per heavy atom. The molecule has 0 amide bonds. The van der Waals surface area contributed by atoms with E-state index in [0.29, 0.717) is 11.0 Å². The van der Waals surface area contributed by atoms with Crippen molar-refractivity contribution in [3.63, 3.8) is 0 Å². The van der Waals surface area contributed by atoms with Gasteiger partial charge in [-0.1, -0.05) is 15.9 Å². The zero-order valence-corrected chi connectivity index (χ0v) is 8.18. The third-order valence-corrected chi connectivity index (χ3v) is 2.02. The molecule has 0 bridgehead atoms. The van der Waals surface area contributed by atoms with Crippen LogP contribution in [0.25, 0.3) is 0 Å². The van der Waals surface area contributed by atoms with Crippen molar-refractivity contribution in [1.82, 2.24) is 4.98 Å². The van der Waals surface area contributed by atoms with Gasteiger partial charge in [0.2, 0.25) is 0 Å². The van der Waals surface area contributed by atoms with Crippen LogP contribution in [0.2, 0.25) is 0 Å². The van der Waals surface area contributed by atoms with Crippen molar-refractivity contribution < 1.29 is 5.11 Å². The summed E-state index contributed by atoms with van der Waals surface area (Å²) >= 11 is 6.39. The maximum atomic E-state index is 9.12. The lowest BCUT2D eigenvalue weighted by atomic mass is 10.3. The first kappa shape index (κ1) is 8.01. The van der Waals surface area contributed by atoms with Crippen molar-refractivity contribution in [2.45, 2.75) is 5.33 Å². The average Bonchev–Trinajstić information content (AvgIpc) is 1.94. The first-order valence-corrected chi connectivity index (χ1v) is 4.56. The molecule has 1 aromatic rings. The lowest BCUT2D eigenvalue weighted by molar-refractivity contribution is 0.467. The van der Waals surface area contributed by atoms with E-state index < -0.39 is 0 Å². The van der Waals surface area contributed by atoms with E-state index in [1.54, 1.807) is 12.1 Å². The Hall–Kier alpha value is -0.0900. The van der Waals surface area contributed by atoms with Gasteiger partial charge in [0.25, 0.3) is 0 Å². The highest BCUT2D eigenvalue weighted by atomic mass is 79.9. The first-order valence-electron chi connectivity index (χ1n) is 2.64. The number of rotatable bonds is 1. The van der Waals surface area contributed by atoms with Crippen LogP contribution >= 0.6 is 31.9 Å². The van der Waals surface area contributed by atoms with Crippen LogP contribution in [0.4, 0.5) is 0 Å². The quantitative estimate of drug-likeness (QED) is 0.626. The van der Waals surface area contributed by atoms with Crippen LogP contribution in [0.15, 0.2) is 16.7 Å². The molecule has 0 unspecified atom stereocenters. The van der Waals surface area contributed by atoms with Crippen LogP contribution in [-0.4, -0.2) is 10.1 Å². The van der Waals surface area contributed by atoms with Gasteiger partial charge in [0.1, 0.15) is 10.4 Å². The predicted octanol–water partition coefficient (Wildman–Crippen LogP) is 2.44. The fraction of sp³-hybridized carbons (Fsp3) is 0.167. The van der Waals surface area contributed by atoms with Crippen molar-refractivity contribution >= 4 is 31.9 Å². The first-order chi connectivity index (χ1) is 4.74. The van der Waals surface area contributed by atoms with Crippen molar-refractivity contribution in [2.24, 2.45) is 0 Å². The third-order valence-electron chi connectivity index (χ3n) is 1.04. The molecule has 2 nitrogen and oxygen atoms in total. The van der Waals surface area contributed by atoms with E-state index in [1.165, 1.54) is 0 Å². The molecule has 1 aromatic heterocycles. The number of hydrogen-bond acceptors (Lipinski definition) is 2. The zero-order chi connectivity index (χ0) is 7.56. The van der Waals surface area contributed by atoms with Gasteiger partial charge in [-0.15, -0.1) is 0 Å². The normalized spacial score (nSPS) is 9.80. The van der Waals surface area contributed by atoms with E-state index in [1.807, 2.05) is 0 Å².